The molecular formula is C11H22N2O4. The molecule has 0 saturated carbocycles. The Kier molecular flexibility index (Phi) is 8.35. The number of carbonyl (C=O) groups excluding carboxylic acids is 1. The molecule has 0 aliphatic carbocycles. The van der Waals surface area contributed by atoms with Gasteiger partial charge in [0.15, 0.2) is 0 Å². The maximum Gasteiger partial charge on any atom is 0.326 e. The summed E-state index contributed by atoms with van der Waals surface area (Å²) in [5.41, 5.74) is 0. The Hall–Kier alpha value is -1.14. The average Bonchev–Trinajstić information content (AvgIpc) is 2.30. The number of hydrogen-bond donors (Lipinski definition) is 3. The van der Waals surface area contributed by atoms with Gasteiger partial charge in [0.05, 0.1) is 0 Å². The van der Waals surface area contributed by atoms with E-state index in [0.29, 0.717) is 13.2 Å². The van der Waals surface area contributed by atoms with E-state index in [4.69, 9.17) is 9.84 Å². The number of amides is 1. The lowest BCUT2D eigenvalue weighted by atomic mass is 10.1. The van der Waals surface area contributed by atoms with E-state index in [0.717, 1.165) is 6.54 Å². The highest BCUT2D eigenvalue weighted by Gasteiger charge is 2.22. The Labute approximate surface area is 102 Å². The van der Waals surface area contributed by atoms with Crippen LogP contribution in [0.5, 0.6) is 0 Å². The van der Waals surface area contributed by atoms with Crippen molar-refractivity contribution in [2.24, 2.45) is 5.92 Å². The van der Waals surface area contributed by atoms with Crippen LogP contribution < -0.4 is 10.6 Å². The van der Waals surface area contributed by atoms with Crippen LogP contribution in [0.3, 0.4) is 0 Å². The number of carboxylic acid groups (broad SMARTS) is 1. The van der Waals surface area contributed by atoms with E-state index in [1.807, 2.05) is 6.92 Å². The minimum atomic E-state index is -1.04. The van der Waals surface area contributed by atoms with Crippen LogP contribution >= 0.6 is 0 Å². The van der Waals surface area contributed by atoms with E-state index in [1.165, 1.54) is 7.11 Å². The normalized spacial score (nSPS) is 14.1. The summed E-state index contributed by atoms with van der Waals surface area (Å²) in [5.74, 6) is -1.54. The quantitative estimate of drug-likeness (QED) is 0.526. The van der Waals surface area contributed by atoms with Crippen LogP contribution in [0.2, 0.25) is 0 Å². The van der Waals surface area contributed by atoms with Gasteiger partial charge in [-0.2, -0.15) is 0 Å². The van der Waals surface area contributed by atoms with Crippen LogP contribution in [0, 0.1) is 5.92 Å². The minimum absolute atomic E-state index is 0.251. The number of hydrogen-bond acceptors (Lipinski definition) is 4. The molecule has 0 radical (unpaired) electrons. The summed E-state index contributed by atoms with van der Waals surface area (Å²) in [6, 6.07) is -0.883. The maximum atomic E-state index is 11.7. The fourth-order valence-electron chi connectivity index (χ4n) is 1.26. The third-order valence-electron chi connectivity index (χ3n) is 2.37. The van der Waals surface area contributed by atoms with E-state index in [-0.39, 0.29) is 18.2 Å². The van der Waals surface area contributed by atoms with Gasteiger partial charge in [-0.05, 0) is 6.54 Å². The third-order valence-corrected chi connectivity index (χ3v) is 2.37. The van der Waals surface area contributed by atoms with Crippen molar-refractivity contribution in [1.82, 2.24) is 10.6 Å². The molecule has 2 atom stereocenters. The van der Waals surface area contributed by atoms with Gasteiger partial charge in [-0.25, -0.2) is 4.79 Å². The Morgan fingerprint density at radius 3 is 2.53 bits per heavy atom. The van der Waals surface area contributed by atoms with Gasteiger partial charge in [0, 0.05) is 32.6 Å². The number of aliphatic carboxylic acids is 1. The van der Waals surface area contributed by atoms with Gasteiger partial charge in [-0.3, -0.25) is 4.79 Å². The fraction of sp³-hybridized carbons (Fsp3) is 0.818. The van der Waals surface area contributed by atoms with Gasteiger partial charge in [0.1, 0.15) is 6.04 Å². The molecular weight excluding hydrogens is 224 g/mol. The molecule has 0 heterocycles. The standard InChI is InChI=1S/C11H22N2O4/c1-4-12-7-8(2)10(14)13-9(11(15)16)5-6-17-3/h8-9,12H,4-7H2,1-3H3,(H,13,14)(H,15,16). The number of carboxylic acids is 1. The lowest BCUT2D eigenvalue weighted by Gasteiger charge is -2.17. The van der Waals surface area contributed by atoms with E-state index in [9.17, 15) is 9.59 Å². The molecule has 0 saturated heterocycles. The van der Waals surface area contributed by atoms with Crippen molar-refractivity contribution >= 4 is 11.9 Å². The van der Waals surface area contributed by atoms with Crippen molar-refractivity contribution in [2.45, 2.75) is 26.3 Å². The molecule has 17 heavy (non-hydrogen) atoms. The monoisotopic (exact) mass is 246 g/mol. The molecule has 2 unspecified atom stereocenters. The fourth-order valence-corrected chi connectivity index (χ4v) is 1.26. The molecule has 0 rings (SSSR count). The highest BCUT2D eigenvalue weighted by molar-refractivity contribution is 5.84. The highest BCUT2D eigenvalue weighted by Crippen LogP contribution is 1.98. The largest absolute Gasteiger partial charge is 0.480 e. The second kappa shape index (κ2) is 8.95. The topological polar surface area (TPSA) is 87.7 Å². The minimum Gasteiger partial charge on any atom is -0.480 e. The van der Waals surface area contributed by atoms with Crippen molar-refractivity contribution in [3.05, 3.63) is 0 Å². The summed E-state index contributed by atoms with van der Waals surface area (Å²) in [5, 5.41) is 14.5. The lowest BCUT2D eigenvalue weighted by Crippen LogP contribution is -2.45. The summed E-state index contributed by atoms with van der Waals surface area (Å²) in [6.45, 7) is 5.33. The number of ether oxygens (including phenoxy) is 1. The van der Waals surface area contributed by atoms with Gasteiger partial charge in [0.2, 0.25) is 5.91 Å². The van der Waals surface area contributed by atoms with Gasteiger partial charge in [-0.15, -0.1) is 0 Å². The van der Waals surface area contributed by atoms with Gasteiger partial charge < -0.3 is 20.5 Å². The number of nitrogens with one attached hydrogen (secondary N) is 2. The first-order valence-electron chi connectivity index (χ1n) is 5.75. The zero-order valence-electron chi connectivity index (χ0n) is 10.7. The molecule has 0 bridgehead atoms. The molecule has 0 fully saturated rings. The molecule has 100 valence electrons. The first-order chi connectivity index (χ1) is 8.02. The van der Waals surface area contributed by atoms with Crippen LogP contribution in [0.15, 0.2) is 0 Å². The van der Waals surface area contributed by atoms with E-state index in [2.05, 4.69) is 10.6 Å². The molecule has 1 amide bonds. The van der Waals surface area contributed by atoms with E-state index < -0.39 is 12.0 Å². The number of methoxy groups -OCH3 is 1. The maximum absolute atomic E-state index is 11.7. The Morgan fingerprint density at radius 2 is 2.06 bits per heavy atom. The van der Waals surface area contributed by atoms with E-state index in [1.54, 1.807) is 6.92 Å². The van der Waals surface area contributed by atoms with Crippen LogP contribution in [-0.2, 0) is 14.3 Å². The SMILES string of the molecule is CCNCC(C)C(=O)NC(CCOC)C(=O)O. The van der Waals surface area contributed by atoms with Gasteiger partial charge in [0.25, 0.3) is 0 Å². The van der Waals surface area contributed by atoms with Crippen LogP contribution in [0.25, 0.3) is 0 Å². The van der Waals surface area contributed by atoms with Crippen molar-refractivity contribution in [1.29, 1.82) is 0 Å². The smallest absolute Gasteiger partial charge is 0.326 e. The zero-order chi connectivity index (χ0) is 13.3. The second-order valence-electron chi connectivity index (χ2n) is 3.89. The number of carbonyl (C=O) groups is 2. The third kappa shape index (κ3) is 6.91. The Bertz CT molecular complexity index is 246. The summed E-state index contributed by atoms with van der Waals surface area (Å²) in [6.07, 6.45) is 0.269. The molecule has 0 aromatic carbocycles. The van der Waals surface area contributed by atoms with Crippen LogP contribution in [-0.4, -0.2) is 49.8 Å². The van der Waals surface area contributed by atoms with Gasteiger partial charge >= 0.3 is 5.97 Å². The Morgan fingerprint density at radius 1 is 1.41 bits per heavy atom. The average molecular weight is 246 g/mol. The molecule has 0 spiro atoms. The zero-order valence-corrected chi connectivity index (χ0v) is 10.7. The Balaban J connectivity index is 4.15. The van der Waals surface area contributed by atoms with E-state index >= 15 is 0 Å². The van der Waals surface area contributed by atoms with Gasteiger partial charge in [-0.1, -0.05) is 13.8 Å². The molecule has 0 aromatic rings. The molecule has 6 nitrogen and oxygen atoms in total. The van der Waals surface area contributed by atoms with Crippen molar-refractivity contribution < 1.29 is 19.4 Å². The second-order valence-corrected chi connectivity index (χ2v) is 3.89. The predicted molar refractivity (Wildman–Crippen MR) is 63.8 cm³/mol. The predicted octanol–water partition coefficient (Wildman–Crippen LogP) is -0.162. The lowest BCUT2D eigenvalue weighted by molar-refractivity contribution is -0.142. The summed E-state index contributed by atoms with van der Waals surface area (Å²) in [4.78, 5) is 22.6. The molecule has 6 heteroatoms. The van der Waals surface area contributed by atoms with Crippen molar-refractivity contribution in [3.63, 3.8) is 0 Å². The van der Waals surface area contributed by atoms with Crippen molar-refractivity contribution in [3.8, 4) is 0 Å². The summed E-state index contributed by atoms with van der Waals surface area (Å²) >= 11 is 0. The summed E-state index contributed by atoms with van der Waals surface area (Å²) < 4.78 is 4.80. The molecule has 0 aromatic heterocycles. The first-order valence-corrected chi connectivity index (χ1v) is 5.75. The first kappa shape index (κ1) is 15.9. The summed E-state index contributed by atoms with van der Waals surface area (Å²) in [7, 11) is 1.49. The van der Waals surface area contributed by atoms with Crippen LogP contribution in [0.1, 0.15) is 20.3 Å². The number of rotatable bonds is 9. The van der Waals surface area contributed by atoms with Crippen molar-refractivity contribution in [2.75, 3.05) is 26.8 Å². The molecule has 0 aliphatic heterocycles. The molecule has 0 aliphatic rings. The highest BCUT2D eigenvalue weighted by atomic mass is 16.5. The van der Waals surface area contributed by atoms with Crippen LogP contribution in [0.4, 0.5) is 0 Å². The molecule has 3 N–H and O–H groups in total.